The normalized spacial score (nSPS) is 16.4. The molecule has 1 aliphatic carbocycles. The summed E-state index contributed by atoms with van der Waals surface area (Å²) in [5, 5.41) is 1.52. The summed E-state index contributed by atoms with van der Waals surface area (Å²) in [5.41, 5.74) is 2.35. The van der Waals surface area contributed by atoms with Gasteiger partial charge in [-0.2, -0.15) is 0 Å². The first-order chi connectivity index (χ1) is 13.6. The lowest BCUT2D eigenvalue weighted by molar-refractivity contribution is 0.0465. The van der Waals surface area contributed by atoms with E-state index in [-0.39, 0.29) is 12.2 Å². The molecule has 0 amide bonds. The Balaban J connectivity index is 1.41. The molecular formula is C21H19N3O3S. The summed E-state index contributed by atoms with van der Waals surface area (Å²) in [6, 6.07) is 7.54. The molecule has 142 valence electrons. The lowest BCUT2D eigenvalue weighted by atomic mass is 9.89. The van der Waals surface area contributed by atoms with Crippen LogP contribution in [0.25, 0.3) is 21.1 Å². The fourth-order valence-corrected chi connectivity index (χ4v) is 5.32. The van der Waals surface area contributed by atoms with Gasteiger partial charge in [0.15, 0.2) is 0 Å². The van der Waals surface area contributed by atoms with Crippen molar-refractivity contribution in [3.05, 3.63) is 62.6 Å². The van der Waals surface area contributed by atoms with Gasteiger partial charge in [0.25, 0.3) is 5.56 Å². The van der Waals surface area contributed by atoms with Crippen molar-refractivity contribution in [3.63, 3.8) is 0 Å². The van der Waals surface area contributed by atoms with Gasteiger partial charge in [0.05, 0.1) is 10.9 Å². The molecule has 28 heavy (non-hydrogen) atoms. The van der Waals surface area contributed by atoms with Crippen LogP contribution >= 0.6 is 11.3 Å². The molecular weight excluding hydrogens is 374 g/mol. The van der Waals surface area contributed by atoms with Gasteiger partial charge in [0.1, 0.15) is 17.3 Å². The number of H-pyrrole nitrogens is 2. The highest BCUT2D eigenvalue weighted by Crippen LogP contribution is 2.35. The predicted octanol–water partition coefficient (Wildman–Crippen LogP) is 3.95. The number of thiophene rings is 1. The number of benzene rings is 1. The van der Waals surface area contributed by atoms with E-state index < -0.39 is 5.97 Å². The number of aryl methyl sites for hydroxylation is 1. The van der Waals surface area contributed by atoms with Crippen LogP contribution in [0.4, 0.5) is 0 Å². The highest BCUT2D eigenvalue weighted by Gasteiger charge is 2.23. The van der Waals surface area contributed by atoms with Gasteiger partial charge < -0.3 is 14.7 Å². The second-order valence-electron chi connectivity index (χ2n) is 7.37. The summed E-state index contributed by atoms with van der Waals surface area (Å²) in [4.78, 5) is 37.5. The Bertz CT molecular complexity index is 1270. The zero-order chi connectivity index (χ0) is 19.3. The van der Waals surface area contributed by atoms with Crippen molar-refractivity contribution in [1.82, 2.24) is 15.0 Å². The number of ether oxygens (including phenoxy) is 1. The second-order valence-corrected chi connectivity index (χ2v) is 8.45. The number of esters is 1. The van der Waals surface area contributed by atoms with E-state index in [2.05, 4.69) is 21.9 Å². The van der Waals surface area contributed by atoms with Crippen LogP contribution in [0, 0.1) is 5.92 Å². The minimum atomic E-state index is -0.445. The third kappa shape index (κ3) is 2.82. The van der Waals surface area contributed by atoms with Gasteiger partial charge in [-0.15, -0.1) is 11.3 Å². The highest BCUT2D eigenvalue weighted by molar-refractivity contribution is 7.18. The Hall–Kier alpha value is -2.93. The average Bonchev–Trinajstić information content (AvgIpc) is 3.27. The third-order valence-electron chi connectivity index (χ3n) is 5.36. The van der Waals surface area contributed by atoms with Gasteiger partial charge in [0, 0.05) is 22.0 Å². The maximum Gasteiger partial charge on any atom is 0.340 e. The number of carbonyl (C=O) groups excluding carboxylic acids is 1. The number of aromatic nitrogens is 3. The number of para-hydroxylation sites is 1. The number of fused-ring (bicyclic) bond motifs is 4. The van der Waals surface area contributed by atoms with Gasteiger partial charge in [-0.25, -0.2) is 9.78 Å². The van der Waals surface area contributed by atoms with E-state index in [1.54, 1.807) is 17.5 Å². The Labute approximate surface area is 164 Å². The van der Waals surface area contributed by atoms with Gasteiger partial charge >= 0.3 is 5.97 Å². The van der Waals surface area contributed by atoms with Gasteiger partial charge in [-0.05, 0) is 36.8 Å². The maximum absolute atomic E-state index is 12.6. The molecule has 1 aromatic carbocycles. The van der Waals surface area contributed by atoms with Crippen LogP contribution in [-0.4, -0.2) is 20.9 Å². The molecule has 0 aliphatic heterocycles. The van der Waals surface area contributed by atoms with Gasteiger partial charge in [0.2, 0.25) is 0 Å². The van der Waals surface area contributed by atoms with E-state index in [1.165, 1.54) is 4.88 Å². The number of nitrogens with one attached hydrogen (secondary N) is 2. The van der Waals surface area contributed by atoms with E-state index in [4.69, 9.17) is 4.74 Å². The molecule has 0 saturated carbocycles. The predicted molar refractivity (Wildman–Crippen MR) is 109 cm³/mol. The van der Waals surface area contributed by atoms with E-state index in [0.717, 1.165) is 40.6 Å². The Morgan fingerprint density at radius 3 is 3.11 bits per heavy atom. The van der Waals surface area contributed by atoms with Crippen LogP contribution in [-0.2, 0) is 24.2 Å². The summed E-state index contributed by atoms with van der Waals surface area (Å²) in [5.74, 6) is 0.563. The molecule has 0 unspecified atom stereocenters. The van der Waals surface area contributed by atoms with Crippen LogP contribution in [0.2, 0.25) is 0 Å². The SMILES string of the molecule is C[C@H]1CCc2c(sc3nc(COC(=O)c4c[nH]c5ccccc45)[nH]c(=O)c23)C1. The van der Waals surface area contributed by atoms with Gasteiger partial charge in [-0.1, -0.05) is 25.1 Å². The first kappa shape index (κ1) is 17.2. The Kier molecular flexibility index (Phi) is 4.05. The monoisotopic (exact) mass is 393 g/mol. The van der Waals surface area contributed by atoms with Crippen LogP contribution in [0.15, 0.2) is 35.3 Å². The topological polar surface area (TPSA) is 87.8 Å². The smallest absolute Gasteiger partial charge is 0.340 e. The molecule has 1 atom stereocenters. The molecule has 3 heterocycles. The zero-order valence-electron chi connectivity index (χ0n) is 15.4. The molecule has 2 N–H and O–H groups in total. The van der Waals surface area contributed by atoms with Crippen molar-refractivity contribution in [2.24, 2.45) is 5.92 Å². The van der Waals surface area contributed by atoms with E-state index in [0.29, 0.717) is 22.7 Å². The average molecular weight is 393 g/mol. The lowest BCUT2D eigenvalue weighted by Gasteiger charge is -2.17. The number of rotatable bonds is 3. The van der Waals surface area contributed by atoms with Crippen molar-refractivity contribution < 1.29 is 9.53 Å². The third-order valence-corrected chi connectivity index (χ3v) is 6.51. The molecule has 4 aromatic rings. The summed E-state index contributed by atoms with van der Waals surface area (Å²) in [6.07, 6.45) is 4.67. The van der Waals surface area contributed by atoms with Crippen LogP contribution in [0.3, 0.4) is 0 Å². The van der Waals surface area contributed by atoms with Crippen molar-refractivity contribution in [1.29, 1.82) is 0 Å². The fraction of sp³-hybridized carbons (Fsp3) is 0.286. The quantitative estimate of drug-likeness (QED) is 0.516. The fourth-order valence-electron chi connectivity index (χ4n) is 3.91. The van der Waals surface area contributed by atoms with Crippen LogP contribution in [0.5, 0.6) is 0 Å². The molecule has 0 fully saturated rings. The minimum Gasteiger partial charge on any atom is -0.454 e. The molecule has 7 heteroatoms. The lowest BCUT2D eigenvalue weighted by Crippen LogP contribution is -2.16. The van der Waals surface area contributed by atoms with E-state index >= 15 is 0 Å². The molecule has 1 aliphatic rings. The molecule has 0 spiro atoms. The largest absolute Gasteiger partial charge is 0.454 e. The second kappa shape index (κ2) is 6.60. The standard InChI is InChI=1S/C21H19N3O3S/c1-11-6-7-13-16(8-11)28-20-18(13)19(25)23-17(24-20)10-27-21(26)14-9-22-15-5-3-2-4-12(14)15/h2-5,9,11,22H,6-8,10H2,1H3,(H,23,24,25)/t11-/m0/s1. The number of aromatic amines is 2. The van der Waals surface area contributed by atoms with Gasteiger partial charge in [-0.3, -0.25) is 4.79 Å². The van der Waals surface area contributed by atoms with Crippen LogP contribution in [0.1, 0.15) is 40.0 Å². The van der Waals surface area contributed by atoms with Crippen molar-refractivity contribution in [3.8, 4) is 0 Å². The molecule has 0 saturated heterocycles. The Morgan fingerprint density at radius 1 is 1.36 bits per heavy atom. The molecule has 0 radical (unpaired) electrons. The zero-order valence-corrected chi connectivity index (χ0v) is 16.2. The summed E-state index contributed by atoms with van der Waals surface area (Å²) < 4.78 is 5.42. The van der Waals surface area contributed by atoms with Crippen molar-refractivity contribution >= 4 is 38.4 Å². The van der Waals surface area contributed by atoms with Crippen LogP contribution < -0.4 is 5.56 Å². The number of carbonyl (C=O) groups is 1. The summed E-state index contributed by atoms with van der Waals surface area (Å²) in [7, 11) is 0. The molecule has 0 bridgehead atoms. The van der Waals surface area contributed by atoms with Crippen molar-refractivity contribution in [2.75, 3.05) is 0 Å². The number of hydrogen-bond donors (Lipinski definition) is 2. The molecule has 5 rings (SSSR count). The minimum absolute atomic E-state index is 0.0670. The number of nitrogens with zero attached hydrogens (tertiary/aromatic N) is 1. The highest BCUT2D eigenvalue weighted by atomic mass is 32.1. The summed E-state index contributed by atoms with van der Waals surface area (Å²) in [6.45, 7) is 2.17. The first-order valence-corrected chi connectivity index (χ1v) is 10.2. The summed E-state index contributed by atoms with van der Waals surface area (Å²) >= 11 is 1.59. The first-order valence-electron chi connectivity index (χ1n) is 9.37. The Morgan fingerprint density at radius 2 is 2.21 bits per heavy atom. The molecule has 3 aromatic heterocycles. The van der Waals surface area contributed by atoms with E-state index in [1.807, 2.05) is 24.3 Å². The van der Waals surface area contributed by atoms with Crippen molar-refractivity contribution in [2.45, 2.75) is 32.8 Å². The van der Waals surface area contributed by atoms with E-state index in [9.17, 15) is 9.59 Å². The maximum atomic E-state index is 12.6. The number of hydrogen-bond acceptors (Lipinski definition) is 5. The molecule has 6 nitrogen and oxygen atoms in total.